The van der Waals surface area contributed by atoms with Crippen LogP contribution in [0.3, 0.4) is 0 Å². The highest BCUT2D eigenvalue weighted by Gasteiger charge is 2.05. The molecule has 5 nitrogen and oxygen atoms in total. The zero-order valence-corrected chi connectivity index (χ0v) is 11.6. The van der Waals surface area contributed by atoms with Gasteiger partial charge in [0.2, 0.25) is 0 Å². The Hall–Kier alpha value is -1.20. The Bertz CT molecular complexity index is 357. The third kappa shape index (κ3) is 5.42. The minimum absolute atomic E-state index is 0.288. The van der Waals surface area contributed by atoms with E-state index in [1.807, 2.05) is 20.0 Å². The van der Waals surface area contributed by atoms with Crippen molar-refractivity contribution in [3.63, 3.8) is 0 Å². The van der Waals surface area contributed by atoms with Crippen LogP contribution >= 0.6 is 0 Å². The first kappa shape index (κ1) is 14.9. The molecule has 0 aliphatic rings. The predicted molar refractivity (Wildman–Crippen MR) is 73.6 cm³/mol. The van der Waals surface area contributed by atoms with Gasteiger partial charge in [0.1, 0.15) is 11.6 Å². The van der Waals surface area contributed by atoms with E-state index in [0.717, 1.165) is 49.7 Å². The average molecular weight is 252 g/mol. The van der Waals surface area contributed by atoms with E-state index in [2.05, 4.69) is 27.2 Å². The van der Waals surface area contributed by atoms with Gasteiger partial charge in [-0.05, 0) is 39.8 Å². The Morgan fingerprint density at radius 3 is 2.72 bits per heavy atom. The van der Waals surface area contributed by atoms with E-state index in [-0.39, 0.29) is 6.61 Å². The van der Waals surface area contributed by atoms with E-state index >= 15 is 0 Å². The van der Waals surface area contributed by atoms with Gasteiger partial charge in [-0.25, -0.2) is 9.97 Å². The first-order valence-corrected chi connectivity index (χ1v) is 6.47. The predicted octanol–water partition coefficient (Wildman–Crippen LogP) is 1.42. The first-order chi connectivity index (χ1) is 8.65. The van der Waals surface area contributed by atoms with Crippen LogP contribution in [0.4, 0.5) is 5.82 Å². The van der Waals surface area contributed by atoms with Gasteiger partial charge in [-0.15, -0.1) is 0 Å². The summed E-state index contributed by atoms with van der Waals surface area (Å²) in [6.07, 6.45) is 3.05. The van der Waals surface area contributed by atoms with Crippen molar-refractivity contribution in [2.24, 2.45) is 0 Å². The highest BCUT2D eigenvalue weighted by atomic mass is 16.2. The van der Waals surface area contributed by atoms with Crippen molar-refractivity contribution in [2.45, 2.75) is 32.7 Å². The molecule has 18 heavy (non-hydrogen) atoms. The molecule has 0 spiro atoms. The third-order valence-electron chi connectivity index (χ3n) is 2.77. The third-order valence-corrected chi connectivity index (χ3v) is 2.77. The second-order valence-electron chi connectivity index (χ2n) is 4.58. The van der Waals surface area contributed by atoms with Crippen molar-refractivity contribution in [1.82, 2.24) is 14.9 Å². The van der Waals surface area contributed by atoms with Gasteiger partial charge >= 0.3 is 0 Å². The molecule has 102 valence electrons. The highest BCUT2D eigenvalue weighted by Crippen LogP contribution is 2.07. The SMILES string of the molecule is CNc1cc(C)nc(CN(C)CCCCCO)n1. The van der Waals surface area contributed by atoms with Crippen LogP contribution < -0.4 is 5.32 Å². The van der Waals surface area contributed by atoms with Crippen LogP contribution in [0.15, 0.2) is 6.07 Å². The Morgan fingerprint density at radius 2 is 2.06 bits per heavy atom. The lowest BCUT2D eigenvalue weighted by Crippen LogP contribution is -2.21. The summed E-state index contributed by atoms with van der Waals surface area (Å²) in [5.74, 6) is 1.72. The second kappa shape index (κ2) is 8.00. The summed E-state index contributed by atoms with van der Waals surface area (Å²) in [4.78, 5) is 11.1. The van der Waals surface area contributed by atoms with Gasteiger partial charge in [-0.3, -0.25) is 4.90 Å². The van der Waals surface area contributed by atoms with Crippen LogP contribution in [0, 0.1) is 6.92 Å². The summed E-state index contributed by atoms with van der Waals surface area (Å²) in [7, 11) is 3.94. The monoisotopic (exact) mass is 252 g/mol. The number of nitrogens with zero attached hydrogens (tertiary/aromatic N) is 3. The van der Waals surface area contributed by atoms with Crippen LogP contribution in [0.1, 0.15) is 30.8 Å². The van der Waals surface area contributed by atoms with Crippen LogP contribution in [-0.4, -0.2) is 47.2 Å². The molecule has 0 saturated carbocycles. The van der Waals surface area contributed by atoms with Crippen LogP contribution in [0.25, 0.3) is 0 Å². The number of aromatic nitrogens is 2. The Kier molecular flexibility index (Phi) is 6.60. The largest absolute Gasteiger partial charge is 0.396 e. The Labute approximate surface area is 109 Å². The molecule has 2 N–H and O–H groups in total. The number of hydrogen-bond acceptors (Lipinski definition) is 5. The summed E-state index contributed by atoms with van der Waals surface area (Å²) >= 11 is 0. The van der Waals surface area contributed by atoms with Gasteiger partial charge in [0.05, 0.1) is 6.54 Å². The van der Waals surface area contributed by atoms with E-state index in [4.69, 9.17) is 5.11 Å². The van der Waals surface area contributed by atoms with Gasteiger partial charge in [-0.2, -0.15) is 0 Å². The fraction of sp³-hybridized carbons (Fsp3) is 0.692. The van der Waals surface area contributed by atoms with Crippen molar-refractivity contribution >= 4 is 5.82 Å². The summed E-state index contributed by atoms with van der Waals surface area (Å²) < 4.78 is 0. The summed E-state index contributed by atoms with van der Waals surface area (Å²) in [5, 5.41) is 11.8. The zero-order chi connectivity index (χ0) is 13.4. The number of rotatable bonds is 8. The lowest BCUT2D eigenvalue weighted by atomic mass is 10.2. The van der Waals surface area contributed by atoms with Crippen molar-refractivity contribution in [1.29, 1.82) is 0 Å². The minimum atomic E-state index is 0.288. The van der Waals surface area contributed by atoms with Crippen LogP contribution in [0.2, 0.25) is 0 Å². The van der Waals surface area contributed by atoms with Gasteiger partial charge in [-0.1, -0.05) is 0 Å². The van der Waals surface area contributed by atoms with E-state index in [1.54, 1.807) is 0 Å². The quantitative estimate of drug-likeness (QED) is 0.685. The molecular formula is C13H24N4O. The number of aliphatic hydroxyl groups is 1. The van der Waals surface area contributed by atoms with Crippen molar-refractivity contribution in [2.75, 3.05) is 32.6 Å². The van der Waals surface area contributed by atoms with Crippen molar-refractivity contribution in [3.05, 3.63) is 17.6 Å². The van der Waals surface area contributed by atoms with Crippen LogP contribution in [0.5, 0.6) is 0 Å². The molecule has 0 saturated heterocycles. The standard InChI is InChI=1S/C13H24N4O/c1-11-9-12(14-2)16-13(15-11)10-17(3)7-5-4-6-8-18/h9,18H,4-8,10H2,1-3H3,(H,14,15,16). The molecule has 0 atom stereocenters. The molecular weight excluding hydrogens is 228 g/mol. The van der Waals surface area contributed by atoms with Gasteiger partial charge in [0.15, 0.2) is 0 Å². The molecule has 0 amide bonds. The van der Waals surface area contributed by atoms with E-state index < -0.39 is 0 Å². The Balaban J connectivity index is 2.43. The Morgan fingerprint density at radius 1 is 1.28 bits per heavy atom. The molecule has 1 heterocycles. The summed E-state index contributed by atoms with van der Waals surface area (Å²) in [6, 6.07) is 1.94. The maximum atomic E-state index is 8.71. The molecule has 0 aliphatic carbocycles. The molecule has 1 aromatic heterocycles. The van der Waals surface area contributed by atoms with E-state index in [1.165, 1.54) is 0 Å². The summed E-state index contributed by atoms with van der Waals surface area (Å²) in [6.45, 7) is 4.03. The summed E-state index contributed by atoms with van der Waals surface area (Å²) in [5.41, 5.74) is 0.984. The first-order valence-electron chi connectivity index (χ1n) is 6.47. The molecule has 0 aromatic carbocycles. The number of aryl methyl sites for hydroxylation is 1. The van der Waals surface area contributed by atoms with E-state index in [0.29, 0.717) is 0 Å². The number of aliphatic hydroxyl groups excluding tert-OH is 1. The van der Waals surface area contributed by atoms with Gasteiger partial charge < -0.3 is 10.4 Å². The van der Waals surface area contributed by atoms with Gasteiger partial charge in [0, 0.05) is 25.4 Å². The highest BCUT2D eigenvalue weighted by molar-refractivity contribution is 5.34. The molecule has 1 rings (SSSR count). The molecule has 0 unspecified atom stereocenters. The normalized spacial score (nSPS) is 10.9. The number of unbranched alkanes of at least 4 members (excludes halogenated alkanes) is 2. The van der Waals surface area contributed by atoms with E-state index in [9.17, 15) is 0 Å². The van der Waals surface area contributed by atoms with Gasteiger partial charge in [0.25, 0.3) is 0 Å². The number of hydrogen-bond donors (Lipinski definition) is 2. The van der Waals surface area contributed by atoms with Crippen LogP contribution in [-0.2, 0) is 6.54 Å². The maximum Gasteiger partial charge on any atom is 0.144 e. The molecule has 5 heteroatoms. The minimum Gasteiger partial charge on any atom is -0.396 e. The molecule has 0 bridgehead atoms. The molecule has 0 aliphatic heterocycles. The number of nitrogens with one attached hydrogen (secondary N) is 1. The lowest BCUT2D eigenvalue weighted by molar-refractivity contribution is 0.269. The fourth-order valence-corrected chi connectivity index (χ4v) is 1.82. The zero-order valence-electron chi connectivity index (χ0n) is 11.6. The lowest BCUT2D eigenvalue weighted by Gasteiger charge is -2.16. The maximum absolute atomic E-state index is 8.71. The van der Waals surface area contributed by atoms with Crippen molar-refractivity contribution in [3.8, 4) is 0 Å². The second-order valence-corrected chi connectivity index (χ2v) is 4.58. The molecule has 0 fully saturated rings. The number of anilines is 1. The smallest absolute Gasteiger partial charge is 0.144 e. The van der Waals surface area contributed by atoms with Crippen molar-refractivity contribution < 1.29 is 5.11 Å². The average Bonchev–Trinajstić information content (AvgIpc) is 2.34. The molecule has 0 radical (unpaired) electrons. The fourth-order valence-electron chi connectivity index (χ4n) is 1.82. The topological polar surface area (TPSA) is 61.3 Å². The molecule has 1 aromatic rings.